The first-order chi connectivity index (χ1) is 15.1. The van der Waals surface area contributed by atoms with Crippen LogP contribution in [0, 0.1) is 13.8 Å². The van der Waals surface area contributed by atoms with Crippen molar-refractivity contribution in [2.24, 2.45) is 0 Å². The van der Waals surface area contributed by atoms with Crippen molar-refractivity contribution >= 4 is 11.6 Å². The van der Waals surface area contributed by atoms with E-state index >= 15 is 0 Å². The second-order valence-corrected chi connectivity index (χ2v) is 7.60. The lowest BCUT2D eigenvalue weighted by molar-refractivity contribution is -0.133. The Labute approximate surface area is 182 Å². The van der Waals surface area contributed by atoms with Gasteiger partial charge in [-0.15, -0.1) is 0 Å². The summed E-state index contributed by atoms with van der Waals surface area (Å²) in [6.07, 6.45) is 0. The molecule has 0 N–H and O–H groups in total. The number of anilines is 1. The normalized spacial score (nSPS) is 13.9. The predicted molar refractivity (Wildman–Crippen MR) is 120 cm³/mol. The Hall–Kier alpha value is -3.48. The zero-order valence-electron chi connectivity index (χ0n) is 18.2. The number of aryl methyl sites for hydroxylation is 1. The quantitative estimate of drug-likeness (QED) is 0.613. The lowest BCUT2D eigenvalue weighted by Gasteiger charge is -2.36. The van der Waals surface area contributed by atoms with E-state index in [9.17, 15) is 4.79 Å². The number of hydrogen-bond donors (Lipinski definition) is 0. The van der Waals surface area contributed by atoms with Crippen molar-refractivity contribution in [2.75, 3.05) is 44.8 Å². The van der Waals surface area contributed by atoms with Crippen LogP contribution < -0.4 is 14.4 Å². The molecule has 0 bridgehead atoms. The summed E-state index contributed by atoms with van der Waals surface area (Å²) < 4.78 is 12.8. The number of carbonyl (C=O) groups is 1. The summed E-state index contributed by atoms with van der Waals surface area (Å²) in [5, 5.41) is 4.75. The van der Waals surface area contributed by atoms with E-state index in [-0.39, 0.29) is 12.5 Å². The largest absolute Gasteiger partial charge is 0.497 e. The maximum atomic E-state index is 12.6. The van der Waals surface area contributed by atoms with E-state index in [1.54, 1.807) is 19.2 Å². The van der Waals surface area contributed by atoms with E-state index < -0.39 is 0 Å². The minimum atomic E-state index is 0.00360. The number of nitrogens with zero attached hydrogens (tertiary/aromatic N) is 4. The number of hydrogen-bond acceptors (Lipinski definition) is 5. The van der Waals surface area contributed by atoms with Gasteiger partial charge in [0, 0.05) is 26.2 Å². The molecular formula is C24H28N4O3. The maximum Gasteiger partial charge on any atom is 0.260 e. The minimum Gasteiger partial charge on any atom is -0.497 e. The third kappa shape index (κ3) is 4.50. The van der Waals surface area contributed by atoms with Crippen LogP contribution in [0.3, 0.4) is 0 Å². The van der Waals surface area contributed by atoms with Gasteiger partial charge in [-0.05, 0) is 50.2 Å². The molecule has 2 aromatic carbocycles. The van der Waals surface area contributed by atoms with Crippen molar-refractivity contribution in [3.63, 3.8) is 0 Å². The summed E-state index contributed by atoms with van der Waals surface area (Å²) in [6, 6.07) is 17.4. The molecule has 1 aromatic heterocycles. The van der Waals surface area contributed by atoms with E-state index in [4.69, 9.17) is 14.6 Å². The van der Waals surface area contributed by atoms with Gasteiger partial charge in [-0.25, -0.2) is 4.68 Å². The highest BCUT2D eigenvalue weighted by molar-refractivity contribution is 5.78. The summed E-state index contributed by atoms with van der Waals surface area (Å²) in [5.41, 5.74) is 4.33. The van der Waals surface area contributed by atoms with E-state index in [1.165, 1.54) is 0 Å². The van der Waals surface area contributed by atoms with E-state index in [2.05, 4.69) is 24.0 Å². The number of para-hydroxylation sites is 1. The van der Waals surface area contributed by atoms with Gasteiger partial charge >= 0.3 is 0 Å². The summed E-state index contributed by atoms with van der Waals surface area (Å²) in [6.45, 7) is 7.06. The zero-order valence-corrected chi connectivity index (χ0v) is 18.2. The molecule has 0 aliphatic carbocycles. The van der Waals surface area contributed by atoms with Crippen LogP contribution in [0.5, 0.6) is 11.5 Å². The third-order valence-corrected chi connectivity index (χ3v) is 5.62. The average Bonchev–Trinajstić information content (AvgIpc) is 3.12. The first kappa shape index (κ1) is 20.8. The smallest absolute Gasteiger partial charge is 0.260 e. The van der Waals surface area contributed by atoms with Crippen LogP contribution in [-0.2, 0) is 4.79 Å². The van der Waals surface area contributed by atoms with Crippen molar-refractivity contribution in [3.05, 3.63) is 66.0 Å². The standard InChI is InChI=1S/C24H28N4O3/c1-18-24(19(2)28(25-18)20-7-5-4-6-8-20)27-15-13-26(14-16-27)23(29)17-31-22-11-9-21(30-3)10-12-22/h4-12H,13-17H2,1-3H3. The minimum absolute atomic E-state index is 0.00360. The van der Waals surface area contributed by atoms with Gasteiger partial charge < -0.3 is 19.3 Å². The van der Waals surface area contributed by atoms with Gasteiger partial charge in [0.1, 0.15) is 11.5 Å². The lowest BCUT2D eigenvalue weighted by atomic mass is 10.2. The van der Waals surface area contributed by atoms with Crippen molar-refractivity contribution < 1.29 is 14.3 Å². The maximum absolute atomic E-state index is 12.6. The topological polar surface area (TPSA) is 59.8 Å². The third-order valence-electron chi connectivity index (χ3n) is 5.62. The first-order valence-electron chi connectivity index (χ1n) is 10.5. The SMILES string of the molecule is COc1ccc(OCC(=O)N2CCN(c3c(C)nn(-c4ccccc4)c3C)CC2)cc1. The van der Waals surface area contributed by atoms with Crippen LogP contribution in [-0.4, -0.2) is 60.5 Å². The van der Waals surface area contributed by atoms with Gasteiger partial charge in [0.2, 0.25) is 0 Å². The molecule has 0 radical (unpaired) electrons. The second-order valence-electron chi connectivity index (χ2n) is 7.60. The number of aromatic nitrogens is 2. The molecule has 0 unspecified atom stereocenters. The summed E-state index contributed by atoms with van der Waals surface area (Å²) in [5.74, 6) is 1.42. The fourth-order valence-electron chi connectivity index (χ4n) is 4.00. The number of ether oxygens (including phenoxy) is 2. The summed E-state index contributed by atoms with van der Waals surface area (Å²) in [4.78, 5) is 16.8. The fraction of sp³-hybridized carbons (Fsp3) is 0.333. The number of carbonyl (C=O) groups excluding carboxylic acids is 1. The molecule has 1 aliphatic heterocycles. The van der Waals surface area contributed by atoms with Crippen LogP contribution in [0.1, 0.15) is 11.4 Å². The number of amides is 1. The molecule has 3 aromatic rings. The van der Waals surface area contributed by atoms with Crippen LogP contribution in [0.25, 0.3) is 5.69 Å². The molecule has 162 valence electrons. The van der Waals surface area contributed by atoms with Crippen molar-refractivity contribution in [1.82, 2.24) is 14.7 Å². The fourth-order valence-corrected chi connectivity index (χ4v) is 4.00. The molecule has 1 amide bonds. The van der Waals surface area contributed by atoms with Crippen LogP contribution >= 0.6 is 0 Å². The van der Waals surface area contributed by atoms with Crippen molar-refractivity contribution in [3.8, 4) is 17.2 Å². The highest BCUT2D eigenvalue weighted by Gasteiger charge is 2.25. The summed E-state index contributed by atoms with van der Waals surface area (Å²) >= 11 is 0. The molecule has 0 atom stereocenters. The molecule has 31 heavy (non-hydrogen) atoms. The van der Waals surface area contributed by atoms with Crippen molar-refractivity contribution in [2.45, 2.75) is 13.8 Å². The van der Waals surface area contributed by atoms with Crippen LogP contribution in [0.15, 0.2) is 54.6 Å². The molecule has 2 heterocycles. The van der Waals surface area contributed by atoms with E-state index in [1.807, 2.05) is 46.8 Å². The Morgan fingerprint density at radius 2 is 1.58 bits per heavy atom. The molecule has 7 nitrogen and oxygen atoms in total. The van der Waals surface area contributed by atoms with Gasteiger partial charge in [-0.1, -0.05) is 18.2 Å². The van der Waals surface area contributed by atoms with Gasteiger partial charge in [-0.2, -0.15) is 5.10 Å². The lowest BCUT2D eigenvalue weighted by Crippen LogP contribution is -2.50. The van der Waals surface area contributed by atoms with Crippen LogP contribution in [0.4, 0.5) is 5.69 Å². The zero-order chi connectivity index (χ0) is 21.8. The Morgan fingerprint density at radius 1 is 0.935 bits per heavy atom. The number of benzene rings is 2. The van der Waals surface area contributed by atoms with E-state index in [0.717, 1.165) is 41.6 Å². The van der Waals surface area contributed by atoms with Crippen molar-refractivity contribution in [1.29, 1.82) is 0 Å². The molecule has 0 saturated carbocycles. The molecule has 4 rings (SSSR count). The first-order valence-corrected chi connectivity index (χ1v) is 10.5. The Balaban J connectivity index is 1.35. The van der Waals surface area contributed by atoms with Gasteiger partial charge in [0.05, 0.1) is 29.9 Å². The highest BCUT2D eigenvalue weighted by Crippen LogP contribution is 2.27. The Morgan fingerprint density at radius 3 is 2.23 bits per heavy atom. The van der Waals surface area contributed by atoms with Crippen LogP contribution in [0.2, 0.25) is 0 Å². The molecular weight excluding hydrogens is 392 g/mol. The number of methoxy groups -OCH3 is 1. The van der Waals surface area contributed by atoms with Gasteiger partial charge in [0.15, 0.2) is 6.61 Å². The molecule has 1 fully saturated rings. The molecule has 1 aliphatic rings. The Kier molecular flexibility index (Phi) is 6.11. The highest BCUT2D eigenvalue weighted by atomic mass is 16.5. The van der Waals surface area contributed by atoms with Gasteiger partial charge in [-0.3, -0.25) is 4.79 Å². The number of piperazine rings is 1. The van der Waals surface area contributed by atoms with E-state index in [0.29, 0.717) is 18.8 Å². The summed E-state index contributed by atoms with van der Waals surface area (Å²) in [7, 11) is 1.62. The average molecular weight is 421 g/mol. The number of rotatable bonds is 6. The molecule has 1 saturated heterocycles. The van der Waals surface area contributed by atoms with Gasteiger partial charge in [0.25, 0.3) is 5.91 Å². The molecule has 0 spiro atoms. The predicted octanol–water partition coefficient (Wildman–Crippen LogP) is 3.23. The molecule has 7 heteroatoms. The Bertz CT molecular complexity index is 1020. The second kappa shape index (κ2) is 9.12. The monoisotopic (exact) mass is 420 g/mol.